The highest BCUT2D eigenvalue weighted by Gasteiger charge is 2.26. The molecule has 0 saturated carbocycles. The highest BCUT2D eigenvalue weighted by atomic mass is 19.4. The number of aryl methyl sites for hydroxylation is 1. The van der Waals surface area contributed by atoms with Crippen molar-refractivity contribution >= 4 is 5.82 Å². The maximum Gasteiger partial charge on any atom is 0.390 e. The molecule has 0 amide bonds. The lowest BCUT2D eigenvalue weighted by Gasteiger charge is -2.09. The molecule has 0 aliphatic rings. The van der Waals surface area contributed by atoms with Gasteiger partial charge in [0, 0.05) is 12.6 Å². The van der Waals surface area contributed by atoms with Crippen molar-refractivity contribution in [3.8, 4) is 5.88 Å². The predicted molar refractivity (Wildman–Crippen MR) is 52.5 cm³/mol. The van der Waals surface area contributed by atoms with Crippen LogP contribution >= 0.6 is 0 Å². The van der Waals surface area contributed by atoms with E-state index in [-0.39, 0.29) is 6.54 Å². The quantitative estimate of drug-likeness (QED) is 0.868. The van der Waals surface area contributed by atoms with Gasteiger partial charge in [0.25, 0.3) is 0 Å². The van der Waals surface area contributed by atoms with Gasteiger partial charge in [0.15, 0.2) is 0 Å². The summed E-state index contributed by atoms with van der Waals surface area (Å²) in [6.07, 6.45) is -5.07. The fourth-order valence-electron chi connectivity index (χ4n) is 1.07. The molecule has 4 nitrogen and oxygen atoms in total. The van der Waals surface area contributed by atoms with Crippen LogP contribution in [-0.4, -0.2) is 29.8 Å². The van der Waals surface area contributed by atoms with Crippen LogP contribution in [0.2, 0.25) is 0 Å². The van der Waals surface area contributed by atoms with E-state index in [1.165, 1.54) is 13.2 Å². The third-order valence-corrected chi connectivity index (χ3v) is 1.74. The first-order valence-electron chi connectivity index (χ1n) is 4.61. The monoisotopic (exact) mass is 235 g/mol. The molecule has 0 radical (unpaired) electrons. The lowest BCUT2D eigenvalue weighted by Crippen LogP contribution is -2.15. The summed E-state index contributed by atoms with van der Waals surface area (Å²) in [7, 11) is 1.43. The van der Waals surface area contributed by atoms with Gasteiger partial charge >= 0.3 is 6.18 Å². The van der Waals surface area contributed by atoms with Crippen LogP contribution in [0.1, 0.15) is 12.2 Å². The van der Waals surface area contributed by atoms with Crippen LogP contribution in [0, 0.1) is 6.92 Å². The van der Waals surface area contributed by atoms with Gasteiger partial charge in [-0.2, -0.15) is 18.2 Å². The molecule has 0 bridgehead atoms. The minimum atomic E-state index is -4.17. The zero-order valence-electron chi connectivity index (χ0n) is 8.93. The third kappa shape index (κ3) is 4.33. The number of ether oxygens (including phenoxy) is 1. The van der Waals surface area contributed by atoms with Gasteiger partial charge in [-0.3, -0.25) is 0 Å². The number of alkyl halides is 3. The van der Waals surface area contributed by atoms with E-state index in [9.17, 15) is 13.2 Å². The summed E-state index contributed by atoms with van der Waals surface area (Å²) in [5.41, 5.74) is 0. The number of hydrogen-bond acceptors (Lipinski definition) is 4. The highest BCUT2D eigenvalue weighted by molar-refractivity contribution is 5.38. The molecule has 0 spiro atoms. The number of halogens is 3. The molecule has 1 aromatic heterocycles. The van der Waals surface area contributed by atoms with Crippen molar-refractivity contribution in [1.82, 2.24) is 9.97 Å². The SMILES string of the molecule is COc1cc(NCCC(F)(F)F)nc(C)n1. The molecule has 90 valence electrons. The topological polar surface area (TPSA) is 47.0 Å². The fraction of sp³-hybridized carbons (Fsp3) is 0.556. The molecule has 0 unspecified atom stereocenters. The van der Waals surface area contributed by atoms with Crippen LogP contribution in [0.5, 0.6) is 5.88 Å². The maximum atomic E-state index is 11.9. The molecule has 0 fully saturated rings. The van der Waals surface area contributed by atoms with Crippen LogP contribution in [0.25, 0.3) is 0 Å². The second-order valence-corrected chi connectivity index (χ2v) is 3.13. The summed E-state index contributed by atoms with van der Waals surface area (Å²) in [5, 5.41) is 2.57. The molecule has 0 saturated heterocycles. The van der Waals surface area contributed by atoms with Gasteiger partial charge < -0.3 is 10.1 Å². The predicted octanol–water partition coefficient (Wildman–Crippen LogP) is 2.16. The van der Waals surface area contributed by atoms with Crippen LogP contribution in [0.15, 0.2) is 6.07 Å². The van der Waals surface area contributed by atoms with E-state index in [1.54, 1.807) is 6.92 Å². The number of aromatic nitrogens is 2. The van der Waals surface area contributed by atoms with Crippen LogP contribution < -0.4 is 10.1 Å². The summed E-state index contributed by atoms with van der Waals surface area (Å²) in [6.45, 7) is 1.42. The van der Waals surface area contributed by atoms with Gasteiger partial charge in [-0.25, -0.2) is 4.98 Å². The third-order valence-electron chi connectivity index (χ3n) is 1.74. The Kier molecular flexibility index (Phi) is 3.92. The van der Waals surface area contributed by atoms with Gasteiger partial charge in [-0.15, -0.1) is 0 Å². The number of anilines is 1. The number of nitrogens with zero attached hydrogens (tertiary/aromatic N) is 2. The van der Waals surface area contributed by atoms with E-state index in [4.69, 9.17) is 4.74 Å². The molecule has 0 aromatic carbocycles. The fourth-order valence-corrected chi connectivity index (χ4v) is 1.07. The standard InChI is InChI=1S/C9H12F3N3O/c1-6-14-7(5-8(15-6)16-2)13-4-3-9(10,11)12/h5H,3-4H2,1-2H3,(H,13,14,15). The number of methoxy groups -OCH3 is 1. The number of nitrogens with one attached hydrogen (secondary N) is 1. The lowest BCUT2D eigenvalue weighted by atomic mass is 10.4. The molecule has 0 aliphatic heterocycles. The zero-order chi connectivity index (χ0) is 12.2. The van der Waals surface area contributed by atoms with Crippen LogP contribution in [0.4, 0.5) is 19.0 Å². The van der Waals surface area contributed by atoms with Crippen molar-refractivity contribution in [3.63, 3.8) is 0 Å². The molecule has 1 aromatic rings. The Morgan fingerprint density at radius 2 is 2.06 bits per heavy atom. The maximum absolute atomic E-state index is 11.9. The van der Waals surface area contributed by atoms with E-state index >= 15 is 0 Å². The average molecular weight is 235 g/mol. The van der Waals surface area contributed by atoms with Gasteiger partial charge in [0.2, 0.25) is 5.88 Å². The van der Waals surface area contributed by atoms with Crippen molar-refractivity contribution in [2.24, 2.45) is 0 Å². The summed E-state index contributed by atoms with van der Waals surface area (Å²) < 4.78 is 40.5. The molecule has 0 aliphatic carbocycles. The Balaban J connectivity index is 2.57. The molecule has 1 rings (SSSR count). The second-order valence-electron chi connectivity index (χ2n) is 3.13. The summed E-state index contributed by atoms with van der Waals surface area (Å²) >= 11 is 0. The first kappa shape index (κ1) is 12.5. The zero-order valence-corrected chi connectivity index (χ0v) is 8.93. The number of hydrogen-bond donors (Lipinski definition) is 1. The van der Waals surface area contributed by atoms with Crippen molar-refractivity contribution < 1.29 is 17.9 Å². The van der Waals surface area contributed by atoms with E-state index < -0.39 is 12.6 Å². The molecular formula is C9H12F3N3O. The van der Waals surface area contributed by atoms with Gasteiger partial charge in [0.1, 0.15) is 11.6 Å². The van der Waals surface area contributed by atoms with E-state index in [0.29, 0.717) is 17.5 Å². The normalized spacial score (nSPS) is 11.3. The van der Waals surface area contributed by atoms with Crippen molar-refractivity contribution in [2.45, 2.75) is 19.5 Å². The van der Waals surface area contributed by atoms with Gasteiger partial charge in [-0.05, 0) is 6.92 Å². The second kappa shape index (κ2) is 5.00. The average Bonchev–Trinajstić information content (AvgIpc) is 2.14. The van der Waals surface area contributed by atoms with Crippen LogP contribution in [-0.2, 0) is 0 Å². The summed E-state index contributed by atoms with van der Waals surface area (Å²) in [5.74, 6) is 1.09. The molecule has 0 atom stereocenters. The van der Waals surface area contributed by atoms with E-state index in [0.717, 1.165) is 0 Å². The van der Waals surface area contributed by atoms with Crippen LogP contribution in [0.3, 0.4) is 0 Å². The molecule has 1 N–H and O–H groups in total. The Morgan fingerprint density at radius 1 is 1.38 bits per heavy atom. The van der Waals surface area contributed by atoms with E-state index in [1.807, 2.05) is 0 Å². The van der Waals surface area contributed by atoms with Gasteiger partial charge in [-0.1, -0.05) is 0 Å². The smallest absolute Gasteiger partial charge is 0.390 e. The Hall–Kier alpha value is -1.53. The first-order chi connectivity index (χ1) is 7.40. The van der Waals surface area contributed by atoms with Crippen molar-refractivity contribution in [2.75, 3.05) is 19.0 Å². The highest BCUT2D eigenvalue weighted by Crippen LogP contribution is 2.19. The Labute approximate surface area is 90.9 Å². The molecular weight excluding hydrogens is 223 g/mol. The Morgan fingerprint density at radius 3 is 2.62 bits per heavy atom. The Bertz CT molecular complexity index is 354. The molecule has 7 heteroatoms. The molecule has 16 heavy (non-hydrogen) atoms. The van der Waals surface area contributed by atoms with Crippen molar-refractivity contribution in [3.05, 3.63) is 11.9 Å². The summed E-state index contributed by atoms with van der Waals surface area (Å²) in [6, 6.07) is 1.45. The largest absolute Gasteiger partial charge is 0.481 e. The minimum Gasteiger partial charge on any atom is -0.481 e. The van der Waals surface area contributed by atoms with E-state index in [2.05, 4.69) is 15.3 Å². The minimum absolute atomic E-state index is 0.219. The summed E-state index contributed by atoms with van der Waals surface area (Å²) in [4.78, 5) is 7.85. The first-order valence-corrected chi connectivity index (χ1v) is 4.61. The van der Waals surface area contributed by atoms with Gasteiger partial charge in [0.05, 0.1) is 13.5 Å². The van der Waals surface area contributed by atoms with Crippen molar-refractivity contribution in [1.29, 1.82) is 0 Å². The number of rotatable bonds is 4. The lowest BCUT2D eigenvalue weighted by molar-refractivity contribution is -0.131. The molecule has 1 heterocycles.